The summed E-state index contributed by atoms with van der Waals surface area (Å²) in [6, 6.07) is 4.61. The molecule has 0 spiro atoms. The molecule has 2 aliphatic carbocycles. The van der Waals surface area contributed by atoms with Crippen LogP contribution in [0.2, 0.25) is 0 Å². The molecule has 0 aliphatic heterocycles. The predicted molar refractivity (Wildman–Crippen MR) is 48.2 cm³/mol. The van der Waals surface area contributed by atoms with Crippen LogP contribution in [0.15, 0.2) is 12.2 Å². The van der Waals surface area contributed by atoms with E-state index in [0.717, 1.165) is 12.8 Å². The number of rotatable bonds is 1. The van der Waals surface area contributed by atoms with Crippen molar-refractivity contribution < 1.29 is 0 Å². The molecule has 0 aromatic heterocycles. The maximum atomic E-state index is 9.21. The smallest absolute Gasteiger partial charge is 0.0797 e. The average molecular weight is 172 g/mol. The van der Waals surface area contributed by atoms with E-state index < -0.39 is 0 Å². The Bertz CT molecular complexity index is 331. The first-order valence-electron chi connectivity index (χ1n) is 4.72. The molecule has 2 heteroatoms. The lowest BCUT2D eigenvalue weighted by atomic mass is 9.69. The van der Waals surface area contributed by atoms with E-state index in [4.69, 9.17) is 5.26 Å². The van der Waals surface area contributed by atoms with Gasteiger partial charge in [-0.05, 0) is 31.6 Å². The fourth-order valence-electron chi connectivity index (χ4n) is 2.73. The van der Waals surface area contributed by atoms with Crippen LogP contribution in [0.4, 0.5) is 0 Å². The van der Waals surface area contributed by atoms with Crippen molar-refractivity contribution in [2.24, 2.45) is 23.2 Å². The molecule has 0 N–H and O–H groups in total. The molecule has 4 atom stereocenters. The highest BCUT2D eigenvalue weighted by molar-refractivity contribution is 5.25. The van der Waals surface area contributed by atoms with E-state index >= 15 is 0 Å². The zero-order chi connectivity index (χ0) is 9.47. The van der Waals surface area contributed by atoms with Gasteiger partial charge in [0, 0.05) is 0 Å². The van der Waals surface area contributed by atoms with Crippen LogP contribution in [0.25, 0.3) is 0 Å². The molecule has 0 heterocycles. The molecule has 0 radical (unpaired) electrons. The zero-order valence-electron chi connectivity index (χ0n) is 7.70. The maximum absolute atomic E-state index is 9.21. The number of nitrogens with zero attached hydrogens (tertiary/aromatic N) is 2. The Labute approximate surface area is 78.5 Å². The van der Waals surface area contributed by atoms with E-state index in [-0.39, 0.29) is 11.3 Å². The second kappa shape index (κ2) is 2.60. The average Bonchev–Trinajstić information content (AvgIpc) is 2.75. The number of fused-ring (bicyclic) bond motifs is 2. The van der Waals surface area contributed by atoms with Gasteiger partial charge in [0.1, 0.15) is 0 Å². The lowest BCUT2D eigenvalue weighted by Gasteiger charge is -2.30. The summed E-state index contributed by atoms with van der Waals surface area (Å²) in [7, 11) is 0. The highest BCUT2D eigenvalue weighted by Gasteiger charge is 2.52. The minimum Gasteiger partial charge on any atom is -0.198 e. The van der Waals surface area contributed by atoms with Crippen LogP contribution < -0.4 is 0 Å². The van der Waals surface area contributed by atoms with Gasteiger partial charge >= 0.3 is 0 Å². The second-order valence-electron chi connectivity index (χ2n) is 4.19. The van der Waals surface area contributed by atoms with Crippen LogP contribution in [0.3, 0.4) is 0 Å². The van der Waals surface area contributed by atoms with Crippen molar-refractivity contribution in [3.8, 4) is 12.1 Å². The van der Waals surface area contributed by atoms with Crippen molar-refractivity contribution in [1.82, 2.24) is 0 Å². The standard InChI is InChI=1S/C11H12N2/c1-8(6-12)11(7-13)5-9-2-3-10(11)4-9/h2-3,8-10H,4-5H2,1H3. The minimum atomic E-state index is -0.381. The van der Waals surface area contributed by atoms with Gasteiger partial charge in [0.05, 0.1) is 23.5 Å². The molecule has 66 valence electrons. The third-order valence-corrected chi connectivity index (χ3v) is 3.61. The van der Waals surface area contributed by atoms with Crippen molar-refractivity contribution in [1.29, 1.82) is 10.5 Å². The van der Waals surface area contributed by atoms with Crippen LogP contribution in [0.5, 0.6) is 0 Å². The molecular weight excluding hydrogens is 160 g/mol. The molecule has 0 saturated heterocycles. The summed E-state index contributed by atoms with van der Waals surface area (Å²) in [6.45, 7) is 1.87. The molecule has 13 heavy (non-hydrogen) atoms. The number of allylic oxidation sites excluding steroid dienone is 2. The topological polar surface area (TPSA) is 47.6 Å². The van der Waals surface area contributed by atoms with Crippen molar-refractivity contribution >= 4 is 0 Å². The van der Waals surface area contributed by atoms with Gasteiger partial charge in [-0.1, -0.05) is 12.2 Å². The van der Waals surface area contributed by atoms with E-state index in [9.17, 15) is 5.26 Å². The molecule has 2 nitrogen and oxygen atoms in total. The molecule has 2 bridgehead atoms. The molecule has 2 rings (SSSR count). The Balaban J connectivity index is 2.35. The molecule has 0 aromatic carbocycles. The summed E-state index contributed by atoms with van der Waals surface area (Å²) in [5.41, 5.74) is -0.381. The maximum Gasteiger partial charge on any atom is 0.0797 e. The van der Waals surface area contributed by atoms with Gasteiger partial charge in [-0.2, -0.15) is 10.5 Å². The van der Waals surface area contributed by atoms with Gasteiger partial charge in [-0.3, -0.25) is 0 Å². The number of nitriles is 2. The summed E-state index contributed by atoms with van der Waals surface area (Å²) in [5, 5.41) is 18.1. The summed E-state index contributed by atoms with van der Waals surface area (Å²) < 4.78 is 0. The van der Waals surface area contributed by atoms with Gasteiger partial charge in [-0.15, -0.1) is 0 Å². The van der Waals surface area contributed by atoms with Crippen LogP contribution in [0, 0.1) is 45.8 Å². The Morgan fingerprint density at radius 2 is 2.23 bits per heavy atom. The quantitative estimate of drug-likeness (QED) is 0.569. The predicted octanol–water partition coefficient (Wildman–Crippen LogP) is 2.25. The summed E-state index contributed by atoms with van der Waals surface area (Å²) in [5.74, 6) is 0.745. The Morgan fingerprint density at radius 1 is 1.46 bits per heavy atom. The summed E-state index contributed by atoms with van der Waals surface area (Å²) in [6.07, 6.45) is 6.30. The first-order chi connectivity index (χ1) is 6.23. The first-order valence-corrected chi connectivity index (χ1v) is 4.72. The number of hydrogen-bond acceptors (Lipinski definition) is 2. The highest BCUT2D eigenvalue weighted by atomic mass is 14.6. The van der Waals surface area contributed by atoms with Crippen molar-refractivity contribution in [3.05, 3.63) is 12.2 Å². The largest absolute Gasteiger partial charge is 0.198 e. The van der Waals surface area contributed by atoms with Gasteiger partial charge in [0.15, 0.2) is 0 Å². The van der Waals surface area contributed by atoms with Gasteiger partial charge in [0.2, 0.25) is 0 Å². The fraction of sp³-hybridized carbons (Fsp3) is 0.636. The molecule has 2 aliphatic rings. The molecule has 0 amide bonds. The highest BCUT2D eigenvalue weighted by Crippen LogP contribution is 2.55. The third-order valence-electron chi connectivity index (χ3n) is 3.61. The molecule has 4 unspecified atom stereocenters. The lowest BCUT2D eigenvalue weighted by Crippen LogP contribution is -2.30. The normalized spacial score (nSPS) is 42.7. The monoisotopic (exact) mass is 172 g/mol. The Morgan fingerprint density at radius 3 is 2.62 bits per heavy atom. The second-order valence-corrected chi connectivity index (χ2v) is 4.19. The van der Waals surface area contributed by atoms with Crippen molar-refractivity contribution in [2.75, 3.05) is 0 Å². The zero-order valence-corrected chi connectivity index (χ0v) is 7.70. The van der Waals surface area contributed by atoms with Gasteiger partial charge in [0.25, 0.3) is 0 Å². The summed E-state index contributed by atoms with van der Waals surface area (Å²) >= 11 is 0. The SMILES string of the molecule is CC(C#N)C1(C#N)CC2C=CC1C2. The van der Waals surface area contributed by atoms with Gasteiger partial charge in [-0.25, -0.2) is 0 Å². The van der Waals surface area contributed by atoms with E-state index in [1.807, 2.05) is 6.92 Å². The Kier molecular flexibility index (Phi) is 1.67. The van der Waals surface area contributed by atoms with E-state index in [2.05, 4.69) is 24.3 Å². The van der Waals surface area contributed by atoms with Crippen molar-refractivity contribution in [2.45, 2.75) is 19.8 Å². The van der Waals surface area contributed by atoms with E-state index in [1.165, 1.54) is 0 Å². The van der Waals surface area contributed by atoms with Crippen LogP contribution in [-0.2, 0) is 0 Å². The lowest BCUT2D eigenvalue weighted by molar-refractivity contribution is 0.256. The van der Waals surface area contributed by atoms with Crippen molar-refractivity contribution in [3.63, 3.8) is 0 Å². The minimum absolute atomic E-state index is 0.141. The molecule has 1 fully saturated rings. The van der Waals surface area contributed by atoms with E-state index in [0.29, 0.717) is 11.8 Å². The molecular formula is C11H12N2. The van der Waals surface area contributed by atoms with Gasteiger partial charge < -0.3 is 0 Å². The van der Waals surface area contributed by atoms with Crippen LogP contribution in [0.1, 0.15) is 19.8 Å². The van der Waals surface area contributed by atoms with Crippen LogP contribution >= 0.6 is 0 Å². The van der Waals surface area contributed by atoms with E-state index in [1.54, 1.807) is 0 Å². The Hall–Kier alpha value is -1.28. The molecule has 0 aromatic rings. The first kappa shape index (κ1) is 8.32. The third kappa shape index (κ3) is 0.923. The fourth-order valence-corrected chi connectivity index (χ4v) is 2.73. The summed E-state index contributed by atoms with van der Waals surface area (Å²) in [4.78, 5) is 0. The number of hydrogen-bond donors (Lipinski definition) is 0. The molecule has 1 saturated carbocycles. The van der Waals surface area contributed by atoms with Crippen LogP contribution in [-0.4, -0.2) is 0 Å².